The average molecular weight is 245 g/mol. The number of piperidine rings is 1. The van der Waals surface area contributed by atoms with Crippen molar-refractivity contribution >= 4 is 5.91 Å². The molecule has 98 valence electrons. The van der Waals surface area contributed by atoms with E-state index in [2.05, 4.69) is 31.2 Å². The lowest BCUT2D eigenvalue weighted by Gasteiger charge is -2.26. The largest absolute Gasteiger partial charge is 0.343 e. The van der Waals surface area contributed by atoms with Crippen LogP contribution in [0.3, 0.4) is 0 Å². The van der Waals surface area contributed by atoms with Gasteiger partial charge in [0.15, 0.2) is 0 Å². The molecule has 0 radical (unpaired) electrons. The average Bonchev–Trinajstić information content (AvgIpc) is 2.46. The zero-order valence-electron chi connectivity index (χ0n) is 11.3. The van der Waals surface area contributed by atoms with E-state index in [1.807, 2.05) is 4.90 Å². The highest BCUT2D eigenvalue weighted by molar-refractivity contribution is 5.76. The lowest BCUT2D eigenvalue weighted by Crippen LogP contribution is -2.35. The first kappa shape index (κ1) is 13.1. The third-order valence-electron chi connectivity index (χ3n) is 3.77. The van der Waals surface area contributed by atoms with Crippen molar-refractivity contribution in [3.8, 4) is 0 Å². The number of aryl methyl sites for hydroxylation is 2. The molecule has 2 heteroatoms. The van der Waals surface area contributed by atoms with Crippen LogP contribution < -0.4 is 0 Å². The number of rotatable bonds is 4. The Balaban J connectivity index is 1.80. The maximum absolute atomic E-state index is 12.0. The molecule has 0 aromatic heterocycles. The van der Waals surface area contributed by atoms with Crippen molar-refractivity contribution in [2.75, 3.05) is 13.1 Å². The Labute approximate surface area is 110 Å². The first-order valence-corrected chi connectivity index (χ1v) is 7.15. The highest BCUT2D eigenvalue weighted by atomic mass is 16.2. The molecule has 18 heavy (non-hydrogen) atoms. The van der Waals surface area contributed by atoms with Gasteiger partial charge in [-0.3, -0.25) is 4.79 Å². The van der Waals surface area contributed by atoms with Crippen LogP contribution in [0.5, 0.6) is 0 Å². The van der Waals surface area contributed by atoms with Crippen LogP contribution in [0.2, 0.25) is 0 Å². The summed E-state index contributed by atoms with van der Waals surface area (Å²) < 4.78 is 0. The van der Waals surface area contributed by atoms with Gasteiger partial charge in [-0.1, -0.05) is 31.2 Å². The summed E-state index contributed by atoms with van der Waals surface area (Å²) in [6, 6.07) is 8.64. The third-order valence-corrected chi connectivity index (χ3v) is 3.77. The van der Waals surface area contributed by atoms with E-state index in [0.29, 0.717) is 12.3 Å². The van der Waals surface area contributed by atoms with E-state index in [-0.39, 0.29) is 0 Å². The van der Waals surface area contributed by atoms with Crippen LogP contribution in [-0.2, 0) is 17.6 Å². The number of benzene rings is 1. The fraction of sp³-hybridized carbons (Fsp3) is 0.562. The number of carbonyl (C=O) groups excluding carboxylic acids is 1. The van der Waals surface area contributed by atoms with Gasteiger partial charge in [0.05, 0.1) is 0 Å². The van der Waals surface area contributed by atoms with E-state index in [9.17, 15) is 4.79 Å². The van der Waals surface area contributed by atoms with Crippen LogP contribution in [0, 0.1) is 0 Å². The summed E-state index contributed by atoms with van der Waals surface area (Å²) in [7, 11) is 0. The Bertz CT molecular complexity index is 377. The minimum atomic E-state index is 0.328. The van der Waals surface area contributed by atoms with Gasteiger partial charge in [0.25, 0.3) is 0 Å². The van der Waals surface area contributed by atoms with Crippen molar-refractivity contribution in [3.05, 3.63) is 35.4 Å². The van der Waals surface area contributed by atoms with Gasteiger partial charge in [-0.2, -0.15) is 0 Å². The van der Waals surface area contributed by atoms with E-state index in [4.69, 9.17) is 0 Å². The molecule has 2 nitrogen and oxygen atoms in total. The first-order valence-electron chi connectivity index (χ1n) is 7.15. The molecule has 1 aliphatic heterocycles. The van der Waals surface area contributed by atoms with Gasteiger partial charge in [-0.05, 0) is 43.2 Å². The van der Waals surface area contributed by atoms with Crippen LogP contribution in [0.4, 0.5) is 0 Å². The first-order chi connectivity index (χ1) is 8.79. The number of carbonyl (C=O) groups is 1. The normalized spacial score (nSPS) is 15.7. The molecule has 0 N–H and O–H groups in total. The van der Waals surface area contributed by atoms with Crippen molar-refractivity contribution in [1.82, 2.24) is 4.90 Å². The van der Waals surface area contributed by atoms with Gasteiger partial charge in [0, 0.05) is 19.5 Å². The maximum atomic E-state index is 12.0. The predicted molar refractivity (Wildman–Crippen MR) is 74.6 cm³/mol. The minimum Gasteiger partial charge on any atom is -0.343 e. The van der Waals surface area contributed by atoms with Crippen molar-refractivity contribution < 1.29 is 4.79 Å². The van der Waals surface area contributed by atoms with Crippen LogP contribution in [-0.4, -0.2) is 23.9 Å². The third kappa shape index (κ3) is 3.59. The molecular formula is C16H23NO. The van der Waals surface area contributed by atoms with Crippen LogP contribution in [0.15, 0.2) is 24.3 Å². The molecule has 1 amide bonds. The van der Waals surface area contributed by atoms with Gasteiger partial charge in [0.2, 0.25) is 5.91 Å². The van der Waals surface area contributed by atoms with E-state index < -0.39 is 0 Å². The van der Waals surface area contributed by atoms with E-state index in [1.165, 1.54) is 30.4 Å². The summed E-state index contributed by atoms with van der Waals surface area (Å²) in [6.07, 6.45) is 6.24. The zero-order chi connectivity index (χ0) is 12.8. The van der Waals surface area contributed by atoms with Crippen LogP contribution in [0.25, 0.3) is 0 Å². The fourth-order valence-electron chi connectivity index (χ4n) is 2.49. The number of hydrogen-bond donors (Lipinski definition) is 0. The molecule has 2 rings (SSSR count). The molecule has 1 aliphatic rings. The minimum absolute atomic E-state index is 0.328. The molecule has 0 spiro atoms. The molecule has 0 aliphatic carbocycles. The van der Waals surface area contributed by atoms with Crippen LogP contribution >= 0.6 is 0 Å². The predicted octanol–water partition coefficient (Wildman–Crippen LogP) is 3.19. The van der Waals surface area contributed by atoms with Gasteiger partial charge < -0.3 is 4.90 Å². The summed E-state index contributed by atoms with van der Waals surface area (Å²) in [5.41, 5.74) is 2.64. The van der Waals surface area contributed by atoms with E-state index in [0.717, 1.165) is 25.9 Å². The van der Waals surface area contributed by atoms with Gasteiger partial charge in [-0.25, -0.2) is 0 Å². The second-order valence-electron chi connectivity index (χ2n) is 5.11. The van der Waals surface area contributed by atoms with E-state index in [1.54, 1.807) is 0 Å². The summed E-state index contributed by atoms with van der Waals surface area (Å²) in [6.45, 7) is 4.09. The molecule has 1 saturated heterocycles. The second kappa shape index (κ2) is 6.58. The lowest BCUT2D eigenvalue weighted by molar-refractivity contribution is -0.132. The quantitative estimate of drug-likeness (QED) is 0.797. The van der Waals surface area contributed by atoms with Gasteiger partial charge in [-0.15, -0.1) is 0 Å². The number of amides is 1. The molecule has 0 bridgehead atoms. The Hall–Kier alpha value is -1.31. The maximum Gasteiger partial charge on any atom is 0.222 e. The number of hydrogen-bond acceptors (Lipinski definition) is 1. The number of nitrogens with zero attached hydrogens (tertiary/aromatic N) is 1. The molecule has 0 saturated carbocycles. The zero-order valence-corrected chi connectivity index (χ0v) is 11.3. The highest BCUT2D eigenvalue weighted by Crippen LogP contribution is 2.12. The van der Waals surface area contributed by atoms with Crippen LogP contribution in [0.1, 0.15) is 43.7 Å². The SMILES string of the molecule is CCc1ccc(CCC(=O)N2CCCCC2)cc1. The smallest absolute Gasteiger partial charge is 0.222 e. The summed E-state index contributed by atoms with van der Waals surface area (Å²) in [5, 5.41) is 0. The van der Waals surface area contributed by atoms with Crippen molar-refractivity contribution in [2.24, 2.45) is 0 Å². The van der Waals surface area contributed by atoms with E-state index >= 15 is 0 Å². The summed E-state index contributed by atoms with van der Waals surface area (Å²) >= 11 is 0. The molecular weight excluding hydrogens is 222 g/mol. The van der Waals surface area contributed by atoms with Gasteiger partial charge in [0.1, 0.15) is 0 Å². The lowest BCUT2D eigenvalue weighted by atomic mass is 10.0. The second-order valence-corrected chi connectivity index (χ2v) is 5.11. The molecule has 1 heterocycles. The Morgan fingerprint density at radius 1 is 1.06 bits per heavy atom. The Kier molecular flexibility index (Phi) is 4.80. The van der Waals surface area contributed by atoms with Crippen molar-refractivity contribution in [2.45, 2.75) is 45.4 Å². The molecule has 1 fully saturated rings. The highest BCUT2D eigenvalue weighted by Gasteiger charge is 2.15. The Morgan fingerprint density at radius 3 is 2.28 bits per heavy atom. The molecule has 0 atom stereocenters. The summed E-state index contributed by atoms with van der Waals surface area (Å²) in [5.74, 6) is 0.328. The fourth-order valence-corrected chi connectivity index (χ4v) is 2.49. The summed E-state index contributed by atoms with van der Waals surface area (Å²) in [4.78, 5) is 14.1. The van der Waals surface area contributed by atoms with Crippen molar-refractivity contribution in [3.63, 3.8) is 0 Å². The molecule has 1 aromatic rings. The molecule has 1 aromatic carbocycles. The monoisotopic (exact) mass is 245 g/mol. The topological polar surface area (TPSA) is 20.3 Å². The standard InChI is InChI=1S/C16H23NO/c1-2-14-6-8-15(9-7-14)10-11-16(18)17-12-4-3-5-13-17/h6-9H,2-5,10-13H2,1H3. The number of likely N-dealkylation sites (tertiary alicyclic amines) is 1. The Morgan fingerprint density at radius 2 is 1.67 bits per heavy atom. The van der Waals surface area contributed by atoms with Crippen molar-refractivity contribution in [1.29, 1.82) is 0 Å². The molecule has 0 unspecified atom stereocenters. The van der Waals surface area contributed by atoms with Gasteiger partial charge >= 0.3 is 0 Å².